The van der Waals surface area contributed by atoms with E-state index in [0.717, 1.165) is 30.4 Å². The van der Waals surface area contributed by atoms with Gasteiger partial charge in [0, 0.05) is 6.04 Å². The molecule has 3 rings (SSSR count). The zero-order chi connectivity index (χ0) is 21.5. The lowest BCUT2D eigenvalue weighted by atomic mass is 9.85. The van der Waals surface area contributed by atoms with Gasteiger partial charge in [0.2, 0.25) is 11.8 Å². The number of hydrogen-bond acceptors (Lipinski definition) is 2. The van der Waals surface area contributed by atoms with Crippen LogP contribution in [0.15, 0.2) is 60.7 Å². The minimum absolute atomic E-state index is 0.0000402. The van der Waals surface area contributed by atoms with Gasteiger partial charge in [-0.25, -0.2) is 0 Å². The number of rotatable bonds is 7. The van der Waals surface area contributed by atoms with Crippen molar-refractivity contribution in [3.63, 3.8) is 0 Å². The van der Waals surface area contributed by atoms with Crippen molar-refractivity contribution in [1.29, 1.82) is 0 Å². The summed E-state index contributed by atoms with van der Waals surface area (Å²) < 4.78 is 0. The third kappa shape index (κ3) is 5.50. The Morgan fingerprint density at radius 2 is 1.37 bits per heavy atom. The molecule has 2 amide bonds. The van der Waals surface area contributed by atoms with Gasteiger partial charge in [-0.05, 0) is 35.8 Å². The summed E-state index contributed by atoms with van der Waals surface area (Å²) >= 11 is 0. The van der Waals surface area contributed by atoms with Gasteiger partial charge in [-0.1, -0.05) is 94.3 Å². The summed E-state index contributed by atoms with van der Waals surface area (Å²) in [6.45, 7) is 6.16. The molecule has 1 saturated carbocycles. The highest BCUT2D eigenvalue weighted by molar-refractivity contribution is 5.92. The Hall–Kier alpha value is -2.62. The molecule has 0 aliphatic heterocycles. The molecule has 0 bridgehead atoms. The molecule has 2 aromatic carbocycles. The molecule has 4 nitrogen and oxygen atoms in total. The Morgan fingerprint density at radius 1 is 0.833 bits per heavy atom. The number of nitrogens with one attached hydrogen (secondary N) is 2. The van der Waals surface area contributed by atoms with Crippen LogP contribution in [0.25, 0.3) is 0 Å². The second kappa shape index (κ2) is 10.4. The highest BCUT2D eigenvalue weighted by Gasteiger charge is 2.32. The van der Waals surface area contributed by atoms with Gasteiger partial charge in [0.15, 0.2) is 0 Å². The minimum atomic E-state index is -0.554. The molecular formula is C26H34N2O2. The second-order valence-electron chi connectivity index (χ2n) is 8.86. The summed E-state index contributed by atoms with van der Waals surface area (Å²) in [7, 11) is 0. The van der Waals surface area contributed by atoms with E-state index in [1.165, 1.54) is 6.42 Å². The molecule has 0 saturated heterocycles. The molecule has 30 heavy (non-hydrogen) atoms. The van der Waals surface area contributed by atoms with E-state index in [4.69, 9.17) is 0 Å². The first-order valence-electron chi connectivity index (χ1n) is 11.2. The van der Waals surface area contributed by atoms with Crippen molar-refractivity contribution in [3.8, 4) is 0 Å². The third-order valence-corrected chi connectivity index (χ3v) is 6.21. The largest absolute Gasteiger partial charge is 0.351 e. The van der Waals surface area contributed by atoms with Crippen molar-refractivity contribution in [2.45, 2.75) is 64.5 Å². The zero-order valence-corrected chi connectivity index (χ0v) is 18.3. The van der Waals surface area contributed by atoms with Gasteiger partial charge in [0.1, 0.15) is 6.04 Å². The lowest BCUT2D eigenvalue weighted by Gasteiger charge is -2.32. The number of carbonyl (C=O) groups excluding carboxylic acids is 2. The first-order chi connectivity index (χ1) is 14.5. The van der Waals surface area contributed by atoms with Crippen LogP contribution in [0.3, 0.4) is 0 Å². The van der Waals surface area contributed by atoms with E-state index in [-0.39, 0.29) is 23.8 Å². The van der Waals surface area contributed by atoms with Crippen LogP contribution in [-0.2, 0) is 9.59 Å². The Balaban J connectivity index is 1.78. The average Bonchev–Trinajstić information content (AvgIpc) is 2.75. The van der Waals surface area contributed by atoms with Gasteiger partial charge in [0.25, 0.3) is 0 Å². The first kappa shape index (κ1) is 22.1. The van der Waals surface area contributed by atoms with Gasteiger partial charge in [0.05, 0.1) is 5.92 Å². The van der Waals surface area contributed by atoms with Crippen molar-refractivity contribution in [2.24, 2.45) is 11.8 Å². The van der Waals surface area contributed by atoms with Gasteiger partial charge < -0.3 is 10.6 Å². The molecule has 160 valence electrons. The Kier molecular flexibility index (Phi) is 7.67. The molecule has 1 fully saturated rings. The van der Waals surface area contributed by atoms with Gasteiger partial charge >= 0.3 is 0 Å². The summed E-state index contributed by atoms with van der Waals surface area (Å²) in [6.07, 6.45) is 4.54. The monoisotopic (exact) mass is 406 g/mol. The molecule has 1 aliphatic rings. The average molecular weight is 407 g/mol. The highest BCUT2D eigenvalue weighted by atomic mass is 16.2. The van der Waals surface area contributed by atoms with E-state index in [1.54, 1.807) is 0 Å². The molecule has 2 aromatic rings. The standard InChI is InChI=1S/C26H34N2O2/c1-18(2)24(26(30)27-22-17-11-10-12-19(22)3)28-25(29)23(20-13-6-4-7-14-20)21-15-8-5-9-16-21/h4-9,13-16,18-19,22-24H,10-12,17H2,1-3H3,(H,27,30)(H,28,29)/t19-,22-,24+/m1/s1. The highest BCUT2D eigenvalue weighted by Crippen LogP contribution is 2.26. The van der Waals surface area contributed by atoms with Crippen LogP contribution in [-0.4, -0.2) is 23.9 Å². The quantitative estimate of drug-likeness (QED) is 0.703. The van der Waals surface area contributed by atoms with E-state index in [0.29, 0.717) is 5.92 Å². The maximum Gasteiger partial charge on any atom is 0.243 e. The van der Waals surface area contributed by atoms with Crippen LogP contribution in [0.4, 0.5) is 0 Å². The summed E-state index contributed by atoms with van der Waals surface area (Å²) in [6, 6.07) is 19.1. The lowest BCUT2D eigenvalue weighted by molar-refractivity contribution is -0.131. The molecule has 0 radical (unpaired) electrons. The fourth-order valence-electron chi connectivity index (χ4n) is 4.36. The Labute approximate surface area is 180 Å². The fourth-order valence-corrected chi connectivity index (χ4v) is 4.36. The number of benzene rings is 2. The van der Waals surface area contributed by atoms with Crippen LogP contribution in [0.5, 0.6) is 0 Å². The first-order valence-corrected chi connectivity index (χ1v) is 11.2. The third-order valence-electron chi connectivity index (χ3n) is 6.21. The van der Waals surface area contributed by atoms with E-state index >= 15 is 0 Å². The zero-order valence-electron chi connectivity index (χ0n) is 18.3. The van der Waals surface area contributed by atoms with E-state index in [9.17, 15) is 9.59 Å². The number of hydrogen-bond donors (Lipinski definition) is 2. The summed E-state index contributed by atoms with van der Waals surface area (Å²) in [5.41, 5.74) is 1.84. The Bertz CT molecular complexity index is 780. The van der Waals surface area contributed by atoms with Gasteiger partial charge in [-0.3, -0.25) is 9.59 Å². The molecular weight excluding hydrogens is 372 g/mol. The normalized spacial score (nSPS) is 20.0. The van der Waals surface area contributed by atoms with Crippen LogP contribution >= 0.6 is 0 Å². The molecule has 1 aliphatic carbocycles. The number of amides is 2. The molecule has 0 spiro atoms. The van der Waals surface area contributed by atoms with E-state index in [2.05, 4.69) is 17.6 Å². The van der Waals surface area contributed by atoms with Gasteiger partial charge in [-0.15, -0.1) is 0 Å². The van der Waals surface area contributed by atoms with Crippen molar-refractivity contribution in [1.82, 2.24) is 10.6 Å². The lowest BCUT2D eigenvalue weighted by Crippen LogP contribution is -2.54. The second-order valence-corrected chi connectivity index (χ2v) is 8.86. The molecule has 4 heteroatoms. The predicted molar refractivity (Wildman–Crippen MR) is 121 cm³/mol. The smallest absolute Gasteiger partial charge is 0.243 e. The molecule has 2 N–H and O–H groups in total. The van der Waals surface area contributed by atoms with E-state index < -0.39 is 12.0 Å². The topological polar surface area (TPSA) is 58.2 Å². The van der Waals surface area contributed by atoms with Gasteiger partial charge in [-0.2, -0.15) is 0 Å². The van der Waals surface area contributed by atoms with Crippen LogP contribution in [0.2, 0.25) is 0 Å². The van der Waals surface area contributed by atoms with Crippen LogP contribution < -0.4 is 10.6 Å². The molecule has 0 unspecified atom stereocenters. The van der Waals surface area contributed by atoms with Crippen molar-refractivity contribution in [3.05, 3.63) is 71.8 Å². The molecule has 0 heterocycles. The summed E-state index contributed by atoms with van der Waals surface area (Å²) in [4.78, 5) is 26.5. The molecule has 0 aromatic heterocycles. The number of carbonyl (C=O) groups is 2. The Morgan fingerprint density at radius 3 is 1.87 bits per heavy atom. The van der Waals surface area contributed by atoms with Crippen LogP contribution in [0.1, 0.15) is 63.5 Å². The predicted octanol–water partition coefficient (Wildman–Crippen LogP) is 4.65. The maximum absolute atomic E-state index is 13.4. The van der Waals surface area contributed by atoms with E-state index in [1.807, 2.05) is 74.5 Å². The summed E-state index contributed by atoms with van der Waals surface area (Å²) in [5, 5.41) is 6.29. The van der Waals surface area contributed by atoms with Crippen molar-refractivity contribution >= 4 is 11.8 Å². The maximum atomic E-state index is 13.4. The summed E-state index contributed by atoms with van der Waals surface area (Å²) in [5.74, 6) is -0.183. The SMILES string of the molecule is CC(C)[C@H](NC(=O)C(c1ccccc1)c1ccccc1)C(=O)N[C@@H]1CCCC[C@H]1C. The van der Waals surface area contributed by atoms with Crippen molar-refractivity contribution in [2.75, 3.05) is 0 Å². The van der Waals surface area contributed by atoms with Crippen molar-refractivity contribution < 1.29 is 9.59 Å². The van der Waals surface area contributed by atoms with Crippen LogP contribution in [0, 0.1) is 11.8 Å². The molecule has 3 atom stereocenters. The minimum Gasteiger partial charge on any atom is -0.351 e. The fraction of sp³-hybridized carbons (Fsp3) is 0.462.